The van der Waals surface area contributed by atoms with E-state index in [-0.39, 0.29) is 9.79 Å². The van der Waals surface area contributed by atoms with E-state index in [4.69, 9.17) is 46.4 Å². The van der Waals surface area contributed by atoms with E-state index in [2.05, 4.69) is 0 Å². The van der Waals surface area contributed by atoms with Crippen molar-refractivity contribution in [2.75, 3.05) is 0 Å². The smallest absolute Gasteiger partial charge is 0.207 e. The summed E-state index contributed by atoms with van der Waals surface area (Å²) in [7, 11) is -4.00. The van der Waals surface area contributed by atoms with Crippen LogP contribution in [0.5, 0.6) is 0 Å². The van der Waals surface area contributed by atoms with Crippen LogP contribution in [0, 0.1) is 0 Å². The van der Waals surface area contributed by atoms with Crippen LogP contribution in [0.15, 0.2) is 94.7 Å². The van der Waals surface area contributed by atoms with Crippen molar-refractivity contribution >= 4 is 56.2 Å². The van der Waals surface area contributed by atoms with E-state index >= 15 is 0 Å². The summed E-state index contributed by atoms with van der Waals surface area (Å²) in [4.78, 5) is 0.168. The molecule has 0 unspecified atom stereocenters. The number of hydrogen-bond acceptors (Lipinski definition) is 2. The van der Waals surface area contributed by atoms with Gasteiger partial charge in [-0.1, -0.05) is 82.8 Å². The molecule has 0 radical (unpaired) electrons. The van der Waals surface area contributed by atoms with E-state index in [0.717, 1.165) is 0 Å². The molecule has 4 aromatic rings. The Labute approximate surface area is 200 Å². The fraction of sp³-hybridized carbons (Fsp3) is 0. The number of hydrogen-bond donors (Lipinski definition) is 0. The lowest BCUT2D eigenvalue weighted by molar-refractivity contribution is 0.596. The van der Waals surface area contributed by atoms with Gasteiger partial charge in [-0.25, -0.2) is 8.42 Å². The minimum atomic E-state index is -4.00. The lowest BCUT2D eigenvalue weighted by atomic mass is 10.1. The van der Waals surface area contributed by atoms with Crippen LogP contribution in [0.25, 0.3) is 22.3 Å². The maximum Gasteiger partial charge on any atom is 0.207 e. The molecule has 0 heterocycles. The summed E-state index contributed by atoms with van der Waals surface area (Å²) in [5.41, 5.74) is 1.97. The summed E-state index contributed by atoms with van der Waals surface area (Å²) in [5, 5.41) is 1.64. The first kappa shape index (κ1) is 22.2. The molecular weight excluding hydrogens is 494 g/mol. The van der Waals surface area contributed by atoms with Crippen molar-refractivity contribution in [2.24, 2.45) is 0 Å². The SMILES string of the molecule is O=S(=O)(c1ccc(Cl)cc1-c1ccccc1Cl)c1ccc(Cl)cc1-c1ccccc1Cl. The number of benzene rings is 4. The average molecular weight is 508 g/mol. The summed E-state index contributed by atoms with van der Waals surface area (Å²) in [6, 6.07) is 23.3. The monoisotopic (exact) mass is 506 g/mol. The maximum absolute atomic E-state index is 13.9. The Morgan fingerprint density at radius 3 is 1.26 bits per heavy atom. The van der Waals surface area contributed by atoms with Crippen LogP contribution in [0.3, 0.4) is 0 Å². The van der Waals surface area contributed by atoms with Crippen molar-refractivity contribution in [2.45, 2.75) is 9.79 Å². The third-order valence-electron chi connectivity index (χ3n) is 4.79. The first-order chi connectivity index (χ1) is 14.8. The van der Waals surface area contributed by atoms with Gasteiger partial charge in [0.05, 0.1) is 9.79 Å². The van der Waals surface area contributed by atoms with Gasteiger partial charge < -0.3 is 0 Å². The highest BCUT2D eigenvalue weighted by Crippen LogP contribution is 2.41. The van der Waals surface area contributed by atoms with E-state index in [1.54, 1.807) is 72.8 Å². The predicted octanol–water partition coefficient (Wildman–Crippen LogP) is 8.47. The third kappa shape index (κ3) is 4.34. The molecule has 0 aliphatic heterocycles. The molecule has 0 aliphatic carbocycles. The average Bonchev–Trinajstić information content (AvgIpc) is 2.74. The van der Waals surface area contributed by atoms with Gasteiger partial charge in [0.25, 0.3) is 0 Å². The Kier molecular flexibility index (Phi) is 6.34. The molecule has 0 saturated carbocycles. The molecule has 0 spiro atoms. The topological polar surface area (TPSA) is 34.1 Å². The first-order valence-corrected chi connectivity index (χ1v) is 12.1. The van der Waals surface area contributed by atoms with Gasteiger partial charge in [0.15, 0.2) is 0 Å². The van der Waals surface area contributed by atoms with Gasteiger partial charge >= 0.3 is 0 Å². The summed E-state index contributed by atoms with van der Waals surface area (Å²) >= 11 is 25.2. The molecule has 0 bridgehead atoms. The zero-order valence-electron chi connectivity index (χ0n) is 15.8. The fourth-order valence-corrected chi connectivity index (χ4v) is 5.84. The van der Waals surface area contributed by atoms with E-state index in [1.807, 2.05) is 0 Å². The molecular formula is C24H14Cl4O2S. The molecule has 156 valence electrons. The normalized spacial score (nSPS) is 11.5. The Morgan fingerprint density at radius 2 is 0.871 bits per heavy atom. The summed E-state index contributed by atoms with van der Waals surface area (Å²) in [5.74, 6) is 0. The molecule has 0 saturated heterocycles. The van der Waals surface area contributed by atoms with Crippen LogP contribution in [0.4, 0.5) is 0 Å². The van der Waals surface area contributed by atoms with Crippen LogP contribution in [0.2, 0.25) is 20.1 Å². The zero-order chi connectivity index (χ0) is 22.2. The molecule has 0 aliphatic rings. The molecule has 0 atom stereocenters. The number of sulfone groups is 1. The summed E-state index contributed by atoms with van der Waals surface area (Å²) in [6.45, 7) is 0. The van der Waals surface area contributed by atoms with Crippen molar-refractivity contribution in [3.05, 3.63) is 105 Å². The molecule has 0 fully saturated rings. The van der Waals surface area contributed by atoms with Gasteiger partial charge in [0.2, 0.25) is 9.84 Å². The highest BCUT2D eigenvalue weighted by Gasteiger charge is 2.27. The van der Waals surface area contributed by atoms with Crippen molar-refractivity contribution in [3.63, 3.8) is 0 Å². The largest absolute Gasteiger partial charge is 0.218 e. The van der Waals surface area contributed by atoms with Gasteiger partial charge in [0.1, 0.15) is 0 Å². The molecule has 7 heteroatoms. The molecule has 0 aromatic heterocycles. The van der Waals surface area contributed by atoms with E-state index in [1.165, 1.54) is 12.1 Å². The lowest BCUT2D eigenvalue weighted by Gasteiger charge is -2.16. The van der Waals surface area contributed by atoms with Gasteiger partial charge in [0, 0.05) is 42.3 Å². The Hall–Kier alpha value is -2.01. The van der Waals surface area contributed by atoms with Gasteiger partial charge in [-0.05, 0) is 48.5 Å². The first-order valence-electron chi connectivity index (χ1n) is 9.13. The standard InChI is InChI=1S/C24H14Cl4O2S/c25-15-9-11-23(19(13-15)17-5-1-3-7-21(17)27)31(29,30)24-12-10-16(26)14-20(24)18-6-2-4-8-22(18)28/h1-14H. The Balaban J connectivity index is 2.01. The quantitative estimate of drug-likeness (QED) is 0.277. The van der Waals surface area contributed by atoms with Crippen LogP contribution in [-0.2, 0) is 9.84 Å². The highest BCUT2D eigenvalue weighted by atomic mass is 35.5. The summed E-state index contributed by atoms with van der Waals surface area (Å²) < 4.78 is 27.8. The van der Waals surface area contributed by atoms with E-state index in [9.17, 15) is 8.42 Å². The van der Waals surface area contributed by atoms with Crippen molar-refractivity contribution in [1.82, 2.24) is 0 Å². The van der Waals surface area contributed by atoms with Crippen molar-refractivity contribution in [3.8, 4) is 22.3 Å². The second kappa shape index (κ2) is 8.85. The Morgan fingerprint density at radius 1 is 0.484 bits per heavy atom. The van der Waals surface area contributed by atoms with Crippen LogP contribution in [0.1, 0.15) is 0 Å². The molecule has 4 rings (SSSR count). The molecule has 0 amide bonds. The minimum Gasteiger partial charge on any atom is -0.218 e. The van der Waals surface area contributed by atoms with E-state index in [0.29, 0.717) is 42.3 Å². The number of halogens is 4. The molecule has 0 N–H and O–H groups in total. The van der Waals surface area contributed by atoms with Crippen LogP contribution in [-0.4, -0.2) is 8.42 Å². The third-order valence-corrected chi connectivity index (χ3v) is 7.79. The highest BCUT2D eigenvalue weighted by molar-refractivity contribution is 7.91. The molecule has 2 nitrogen and oxygen atoms in total. The van der Waals surface area contributed by atoms with Gasteiger partial charge in [-0.15, -0.1) is 0 Å². The fourth-order valence-electron chi connectivity index (χ4n) is 3.37. The van der Waals surface area contributed by atoms with Crippen LogP contribution >= 0.6 is 46.4 Å². The maximum atomic E-state index is 13.9. The van der Waals surface area contributed by atoms with Gasteiger partial charge in [-0.3, -0.25) is 0 Å². The number of rotatable bonds is 4. The van der Waals surface area contributed by atoms with Crippen molar-refractivity contribution < 1.29 is 8.42 Å². The van der Waals surface area contributed by atoms with Gasteiger partial charge in [-0.2, -0.15) is 0 Å². The predicted molar refractivity (Wildman–Crippen MR) is 129 cm³/mol. The van der Waals surface area contributed by atoms with E-state index < -0.39 is 9.84 Å². The van der Waals surface area contributed by atoms with Crippen molar-refractivity contribution in [1.29, 1.82) is 0 Å². The zero-order valence-corrected chi connectivity index (χ0v) is 19.7. The second-order valence-electron chi connectivity index (χ2n) is 6.74. The second-order valence-corrected chi connectivity index (χ2v) is 10.3. The molecule has 31 heavy (non-hydrogen) atoms. The molecule has 4 aromatic carbocycles. The lowest BCUT2D eigenvalue weighted by Crippen LogP contribution is -2.06. The van der Waals surface area contributed by atoms with Crippen LogP contribution < -0.4 is 0 Å². The Bertz CT molecular complexity index is 1300. The summed E-state index contributed by atoms with van der Waals surface area (Å²) in [6.07, 6.45) is 0. The minimum absolute atomic E-state index is 0.0839.